The van der Waals surface area contributed by atoms with E-state index in [0.29, 0.717) is 37.4 Å². The van der Waals surface area contributed by atoms with Crippen molar-refractivity contribution in [1.82, 2.24) is 33.8 Å². The monoisotopic (exact) mass is 486 g/mol. The minimum atomic E-state index is -0.00174. The van der Waals surface area contributed by atoms with Crippen molar-refractivity contribution >= 4 is 11.6 Å². The van der Waals surface area contributed by atoms with Crippen molar-refractivity contribution in [3.63, 3.8) is 0 Å². The van der Waals surface area contributed by atoms with Crippen LogP contribution in [0, 0.1) is 13.5 Å². The lowest BCUT2D eigenvalue weighted by Gasteiger charge is -2.28. The number of benzene rings is 2. The molecule has 0 saturated carbocycles. The van der Waals surface area contributed by atoms with Crippen molar-refractivity contribution in [3.8, 4) is 28.3 Å². The normalized spacial score (nSPS) is 13.7. The Hall–Kier alpha value is -4.97. The fourth-order valence-corrected chi connectivity index (χ4v) is 5.33. The highest BCUT2D eigenvalue weighted by Crippen LogP contribution is 2.35. The van der Waals surface area contributed by atoms with Crippen molar-refractivity contribution in [3.05, 3.63) is 101 Å². The first kappa shape index (κ1) is 21.3. The first-order chi connectivity index (χ1) is 18.1. The maximum absolute atomic E-state index is 13.5. The molecule has 9 heteroatoms. The molecular formula is C28H22N8O. The standard InChI is InChI=1S/C28H22N8O/c1-18-31-32-26-17-33(11-12-35(18)26)28(37)20-5-8-24-22(13-20)16-34-15-21(19-3-6-23(29-2)7-4-19)14-25(34)27-30-9-10-36(24)27/h3-10,13-15H,11-12,16-17H2,1H3. The lowest BCUT2D eigenvalue weighted by Crippen LogP contribution is -2.38. The molecular weight excluding hydrogens is 464 g/mol. The van der Waals surface area contributed by atoms with Gasteiger partial charge in [-0.05, 0) is 42.3 Å². The van der Waals surface area contributed by atoms with Gasteiger partial charge in [0.15, 0.2) is 17.3 Å². The highest BCUT2D eigenvalue weighted by atomic mass is 16.2. The number of hydrogen-bond donors (Lipinski definition) is 0. The molecule has 2 aliphatic rings. The average Bonchev–Trinajstić information content (AvgIpc) is 3.65. The second-order valence-electron chi connectivity index (χ2n) is 9.41. The molecule has 180 valence electrons. The summed E-state index contributed by atoms with van der Waals surface area (Å²) in [6.45, 7) is 11.5. The van der Waals surface area contributed by atoms with E-state index >= 15 is 0 Å². The SMILES string of the molecule is [C-]#[N+]c1ccc(-c2cc3n(c2)Cc2cc(C(=O)N4CCn5c(C)nnc5C4)ccc2-n2ccnc2-3)cc1. The van der Waals surface area contributed by atoms with Crippen molar-refractivity contribution in [2.45, 2.75) is 26.6 Å². The summed E-state index contributed by atoms with van der Waals surface area (Å²) < 4.78 is 6.34. The van der Waals surface area contributed by atoms with Gasteiger partial charge in [-0.3, -0.25) is 9.36 Å². The zero-order valence-corrected chi connectivity index (χ0v) is 20.2. The fourth-order valence-electron chi connectivity index (χ4n) is 5.33. The summed E-state index contributed by atoms with van der Waals surface area (Å²) in [6.07, 6.45) is 5.88. The number of nitrogens with zero attached hydrogens (tertiary/aromatic N) is 8. The predicted molar refractivity (Wildman–Crippen MR) is 137 cm³/mol. The van der Waals surface area contributed by atoms with E-state index in [1.165, 1.54) is 0 Å². The predicted octanol–water partition coefficient (Wildman–Crippen LogP) is 4.48. The molecule has 0 spiro atoms. The molecule has 5 aromatic rings. The summed E-state index contributed by atoms with van der Waals surface area (Å²) in [4.78, 5) is 23.5. The Morgan fingerprint density at radius 1 is 1.00 bits per heavy atom. The molecule has 3 aromatic heterocycles. The van der Waals surface area contributed by atoms with Gasteiger partial charge in [-0.25, -0.2) is 9.83 Å². The van der Waals surface area contributed by atoms with Gasteiger partial charge in [0.2, 0.25) is 0 Å². The topological polar surface area (TPSA) is 78.1 Å². The van der Waals surface area contributed by atoms with Crippen LogP contribution in [0.15, 0.2) is 67.1 Å². The Morgan fingerprint density at radius 3 is 2.70 bits per heavy atom. The molecule has 5 heterocycles. The number of amides is 1. The fraction of sp³-hybridized carbons (Fsp3) is 0.179. The highest BCUT2D eigenvalue weighted by molar-refractivity contribution is 5.95. The maximum atomic E-state index is 13.5. The molecule has 1 amide bonds. The zero-order valence-electron chi connectivity index (χ0n) is 20.2. The molecule has 7 rings (SSSR count). The average molecular weight is 487 g/mol. The largest absolute Gasteiger partial charge is 0.340 e. The van der Waals surface area contributed by atoms with E-state index in [-0.39, 0.29) is 5.91 Å². The summed E-state index contributed by atoms with van der Waals surface area (Å²) >= 11 is 0. The van der Waals surface area contributed by atoms with Crippen LogP contribution < -0.4 is 0 Å². The molecule has 0 bridgehead atoms. The van der Waals surface area contributed by atoms with Crippen molar-refractivity contribution in [2.75, 3.05) is 6.54 Å². The molecule has 0 aliphatic carbocycles. The lowest BCUT2D eigenvalue weighted by atomic mass is 10.1. The lowest BCUT2D eigenvalue weighted by molar-refractivity contribution is 0.0706. The number of carbonyl (C=O) groups is 1. The molecule has 37 heavy (non-hydrogen) atoms. The van der Waals surface area contributed by atoms with Gasteiger partial charge >= 0.3 is 0 Å². The van der Waals surface area contributed by atoms with E-state index in [2.05, 4.69) is 46.0 Å². The van der Waals surface area contributed by atoms with E-state index < -0.39 is 0 Å². The van der Waals surface area contributed by atoms with Gasteiger partial charge in [0, 0.05) is 49.4 Å². The van der Waals surface area contributed by atoms with Crippen LogP contribution in [-0.2, 0) is 19.6 Å². The van der Waals surface area contributed by atoms with Crippen LogP contribution in [0.5, 0.6) is 0 Å². The van der Waals surface area contributed by atoms with Crippen LogP contribution in [0.3, 0.4) is 0 Å². The van der Waals surface area contributed by atoms with E-state index in [1.54, 1.807) is 6.20 Å². The summed E-state index contributed by atoms with van der Waals surface area (Å²) in [6, 6.07) is 15.7. The summed E-state index contributed by atoms with van der Waals surface area (Å²) in [5.74, 6) is 2.56. The maximum Gasteiger partial charge on any atom is 0.254 e. The molecule has 2 aromatic carbocycles. The van der Waals surface area contributed by atoms with Gasteiger partial charge in [0.25, 0.3) is 5.91 Å². The first-order valence-corrected chi connectivity index (χ1v) is 12.1. The highest BCUT2D eigenvalue weighted by Gasteiger charge is 2.26. The summed E-state index contributed by atoms with van der Waals surface area (Å²) in [5, 5.41) is 8.39. The number of carbonyl (C=O) groups excluding carboxylic acids is 1. The summed E-state index contributed by atoms with van der Waals surface area (Å²) in [5.41, 5.74) is 6.46. The molecule has 0 saturated heterocycles. The second-order valence-corrected chi connectivity index (χ2v) is 9.41. The minimum Gasteiger partial charge on any atom is -0.340 e. The van der Waals surface area contributed by atoms with Crippen molar-refractivity contribution in [2.24, 2.45) is 0 Å². The quantitative estimate of drug-likeness (QED) is 0.338. The third-order valence-electron chi connectivity index (χ3n) is 7.25. The van der Waals surface area contributed by atoms with Gasteiger partial charge < -0.3 is 14.0 Å². The van der Waals surface area contributed by atoms with Crippen LogP contribution in [0.2, 0.25) is 0 Å². The smallest absolute Gasteiger partial charge is 0.254 e. The molecule has 2 aliphatic heterocycles. The molecule has 0 fully saturated rings. The van der Waals surface area contributed by atoms with E-state index in [4.69, 9.17) is 6.57 Å². The number of aryl methyl sites for hydroxylation is 1. The molecule has 0 unspecified atom stereocenters. The van der Waals surface area contributed by atoms with Crippen LogP contribution >= 0.6 is 0 Å². The van der Waals surface area contributed by atoms with Gasteiger partial charge in [0.05, 0.1) is 24.5 Å². The van der Waals surface area contributed by atoms with Gasteiger partial charge in [0.1, 0.15) is 5.82 Å². The third-order valence-corrected chi connectivity index (χ3v) is 7.25. The number of hydrogen-bond acceptors (Lipinski definition) is 4. The third kappa shape index (κ3) is 3.37. The first-order valence-electron chi connectivity index (χ1n) is 12.1. The van der Waals surface area contributed by atoms with E-state index in [0.717, 1.165) is 45.5 Å². The number of rotatable bonds is 2. The van der Waals surface area contributed by atoms with Crippen LogP contribution in [-0.4, -0.2) is 46.2 Å². The van der Waals surface area contributed by atoms with E-state index in [1.807, 2.05) is 60.5 Å². The van der Waals surface area contributed by atoms with Gasteiger partial charge in [-0.2, -0.15) is 0 Å². The van der Waals surface area contributed by atoms with Crippen LogP contribution in [0.1, 0.15) is 27.6 Å². The molecule has 0 N–H and O–H groups in total. The van der Waals surface area contributed by atoms with Crippen LogP contribution in [0.25, 0.3) is 33.2 Å². The molecule has 9 nitrogen and oxygen atoms in total. The second kappa shape index (κ2) is 8.03. The Morgan fingerprint density at radius 2 is 1.86 bits per heavy atom. The van der Waals surface area contributed by atoms with Gasteiger partial charge in [-0.15, -0.1) is 10.2 Å². The minimum absolute atomic E-state index is 0.00174. The summed E-state index contributed by atoms with van der Waals surface area (Å²) in [7, 11) is 0. The Labute approximate surface area is 213 Å². The van der Waals surface area contributed by atoms with E-state index in [9.17, 15) is 4.79 Å². The molecule has 0 radical (unpaired) electrons. The number of imidazole rings is 1. The Balaban J connectivity index is 1.25. The van der Waals surface area contributed by atoms with Crippen molar-refractivity contribution < 1.29 is 4.79 Å². The number of aromatic nitrogens is 6. The number of fused-ring (bicyclic) bond motifs is 6. The van der Waals surface area contributed by atoms with Gasteiger partial charge in [-0.1, -0.05) is 24.3 Å². The zero-order chi connectivity index (χ0) is 25.1. The molecule has 0 atom stereocenters. The Kier molecular flexibility index (Phi) is 4.63. The van der Waals surface area contributed by atoms with Crippen molar-refractivity contribution in [1.29, 1.82) is 0 Å². The Bertz CT molecular complexity index is 1730. The van der Waals surface area contributed by atoms with Crippen LogP contribution in [0.4, 0.5) is 5.69 Å².